The molecule has 0 saturated carbocycles. The fourth-order valence-electron chi connectivity index (χ4n) is 16.2. The highest BCUT2D eigenvalue weighted by Gasteiger charge is 2.45. The lowest BCUT2D eigenvalue weighted by molar-refractivity contribution is 0.756. The van der Waals surface area contributed by atoms with Gasteiger partial charge in [-0.3, -0.25) is 0 Å². The van der Waals surface area contributed by atoms with E-state index in [0.717, 1.165) is 17.1 Å². The Morgan fingerprint density at radius 3 is 0.570 bits per heavy atom. The van der Waals surface area contributed by atoms with E-state index in [2.05, 4.69) is 278 Å². The maximum absolute atomic E-state index is 2.45. The lowest BCUT2D eigenvalue weighted by atomic mass is 9.60. The van der Waals surface area contributed by atoms with Gasteiger partial charge in [0.1, 0.15) is 0 Å². The molecule has 0 aliphatic heterocycles. The van der Waals surface area contributed by atoms with E-state index in [4.69, 9.17) is 0 Å². The molecule has 12 aromatic rings. The molecule has 9 aliphatic carbocycles. The molecular weight excluding hydrogens is 951 g/mol. The van der Waals surface area contributed by atoms with E-state index in [-0.39, 0.29) is 35.5 Å². The SMILES string of the molecule is c1ccc2c(c1)C1c3ccccc3C2c2c(-c3ccc(N(c4ccc(-c5cccc6c5C5c7ccccc7C6c6ccccc65)cc4)c4ccc(-c5cccc6c5C5c7ccccc7C6c6ccccc65)cc4)cc3)cccc21. The van der Waals surface area contributed by atoms with E-state index in [9.17, 15) is 0 Å². The minimum atomic E-state index is 0.196. The topological polar surface area (TPSA) is 3.24 Å². The quantitative estimate of drug-likeness (QED) is 0.160. The van der Waals surface area contributed by atoms with Gasteiger partial charge in [-0.25, -0.2) is 0 Å². The predicted molar refractivity (Wildman–Crippen MR) is 322 cm³/mol. The molecule has 0 heterocycles. The van der Waals surface area contributed by atoms with Crippen LogP contribution in [-0.2, 0) is 0 Å². The third-order valence-corrected chi connectivity index (χ3v) is 19.2. The van der Waals surface area contributed by atoms with Gasteiger partial charge in [0.05, 0.1) is 0 Å². The molecule has 1 heteroatoms. The molecule has 12 aromatic carbocycles. The zero-order valence-corrected chi connectivity index (χ0v) is 43.4. The van der Waals surface area contributed by atoms with Gasteiger partial charge in [0, 0.05) is 52.6 Å². The molecule has 79 heavy (non-hydrogen) atoms. The van der Waals surface area contributed by atoms with Gasteiger partial charge in [-0.05, 0) is 170 Å². The number of benzene rings is 12. The highest BCUT2D eigenvalue weighted by atomic mass is 15.1. The van der Waals surface area contributed by atoms with E-state index >= 15 is 0 Å². The van der Waals surface area contributed by atoms with Gasteiger partial charge in [-0.1, -0.05) is 237 Å². The van der Waals surface area contributed by atoms with Crippen LogP contribution in [-0.4, -0.2) is 0 Å². The number of nitrogens with zero attached hydrogens (tertiary/aromatic N) is 1. The van der Waals surface area contributed by atoms with Crippen LogP contribution >= 0.6 is 0 Å². The van der Waals surface area contributed by atoms with Crippen LogP contribution in [0.4, 0.5) is 17.1 Å². The minimum Gasteiger partial charge on any atom is -0.311 e. The summed E-state index contributed by atoms with van der Waals surface area (Å²) in [5.74, 6) is 1.29. The van der Waals surface area contributed by atoms with Crippen molar-refractivity contribution >= 4 is 17.1 Å². The molecule has 0 atom stereocenters. The van der Waals surface area contributed by atoms with Gasteiger partial charge in [0.15, 0.2) is 0 Å². The van der Waals surface area contributed by atoms with Crippen LogP contribution in [0.15, 0.2) is 273 Å². The molecule has 21 rings (SSSR count). The number of rotatable bonds is 6. The summed E-state index contributed by atoms with van der Waals surface area (Å²) in [6, 6.07) is 104. The first-order valence-electron chi connectivity index (χ1n) is 28.3. The molecule has 0 fully saturated rings. The van der Waals surface area contributed by atoms with Crippen molar-refractivity contribution in [2.45, 2.75) is 35.5 Å². The summed E-state index contributed by atoms with van der Waals surface area (Å²) in [4.78, 5) is 2.45. The van der Waals surface area contributed by atoms with Crippen LogP contribution in [0.2, 0.25) is 0 Å². The van der Waals surface area contributed by atoms with Gasteiger partial charge >= 0.3 is 0 Å². The highest BCUT2D eigenvalue weighted by Crippen LogP contribution is 2.61. The lowest BCUT2D eigenvalue weighted by Gasteiger charge is -2.43. The summed E-state index contributed by atoms with van der Waals surface area (Å²) >= 11 is 0. The summed E-state index contributed by atoms with van der Waals surface area (Å²) in [5.41, 5.74) is 37.1. The molecule has 0 spiro atoms. The van der Waals surface area contributed by atoms with Gasteiger partial charge in [0.2, 0.25) is 0 Å². The summed E-state index contributed by atoms with van der Waals surface area (Å²) in [7, 11) is 0. The molecule has 0 unspecified atom stereocenters. The van der Waals surface area contributed by atoms with E-state index in [0.29, 0.717) is 0 Å². The monoisotopic (exact) mass is 1000 g/mol. The summed E-state index contributed by atoms with van der Waals surface area (Å²) in [5, 5.41) is 0. The molecule has 6 bridgehead atoms. The first kappa shape index (κ1) is 43.5. The maximum Gasteiger partial charge on any atom is 0.0462 e. The van der Waals surface area contributed by atoms with Crippen molar-refractivity contribution in [1.82, 2.24) is 0 Å². The van der Waals surface area contributed by atoms with Gasteiger partial charge in [0.25, 0.3) is 0 Å². The second kappa shape index (κ2) is 16.5. The largest absolute Gasteiger partial charge is 0.311 e. The Bertz CT molecular complexity index is 3920. The molecule has 0 amide bonds. The summed E-state index contributed by atoms with van der Waals surface area (Å²) in [6.45, 7) is 0. The molecule has 0 saturated heterocycles. The van der Waals surface area contributed by atoms with E-state index in [1.165, 1.54) is 134 Å². The molecule has 0 aromatic heterocycles. The zero-order chi connectivity index (χ0) is 51.4. The van der Waals surface area contributed by atoms with Crippen LogP contribution in [0.1, 0.15) is 136 Å². The first-order chi connectivity index (χ1) is 39.2. The Kier molecular flexibility index (Phi) is 9.08. The fourth-order valence-corrected chi connectivity index (χ4v) is 16.2. The predicted octanol–water partition coefficient (Wildman–Crippen LogP) is 19.1. The van der Waals surface area contributed by atoms with Crippen molar-refractivity contribution in [3.63, 3.8) is 0 Å². The van der Waals surface area contributed by atoms with Crippen molar-refractivity contribution in [2.24, 2.45) is 0 Å². The van der Waals surface area contributed by atoms with E-state index < -0.39 is 0 Å². The van der Waals surface area contributed by atoms with E-state index in [1.54, 1.807) is 0 Å². The molecule has 368 valence electrons. The molecule has 1 nitrogen and oxygen atoms in total. The first-order valence-corrected chi connectivity index (χ1v) is 28.3. The van der Waals surface area contributed by atoms with Crippen LogP contribution in [0.25, 0.3) is 33.4 Å². The Balaban J connectivity index is 0.754. The number of anilines is 3. The van der Waals surface area contributed by atoms with Crippen molar-refractivity contribution in [1.29, 1.82) is 0 Å². The zero-order valence-electron chi connectivity index (χ0n) is 43.4. The number of hydrogen-bond donors (Lipinski definition) is 0. The molecule has 0 radical (unpaired) electrons. The summed E-state index contributed by atoms with van der Waals surface area (Å²) < 4.78 is 0. The smallest absolute Gasteiger partial charge is 0.0462 e. The minimum absolute atomic E-state index is 0.196. The maximum atomic E-state index is 2.45. The molecule has 9 aliphatic rings. The Morgan fingerprint density at radius 1 is 0.165 bits per heavy atom. The Labute approximate surface area is 461 Å². The second-order valence-electron chi connectivity index (χ2n) is 22.8. The second-order valence-corrected chi connectivity index (χ2v) is 22.8. The van der Waals surface area contributed by atoms with Gasteiger partial charge in [-0.15, -0.1) is 0 Å². The van der Waals surface area contributed by atoms with Crippen LogP contribution in [0.5, 0.6) is 0 Å². The molecular formula is C78H51N. The van der Waals surface area contributed by atoms with Gasteiger partial charge in [-0.2, -0.15) is 0 Å². The van der Waals surface area contributed by atoms with E-state index in [1.807, 2.05) is 0 Å². The average Bonchev–Trinajstić information content (AvgIpc) is 3.44. The Hall–Kier alpha value is -9.56. The van der Waals surface area contributed by atoms with Crippen molar-refractivity contribution in [3.05, 3.63) is 373 Å². The van der Waals surface area contributed by atoms with Crippen LogP contribution < -0.4 is 4.90 Å². The lowest BCUT2D eigenvalue weighted by Crippen LogP contribution is -2.28. The standard InChI is InChI=1S/C78H51N/c1-7-22-61-55(16-1)70-56-17-2-8-23-62(56)76(61)73-52(28-13-31-67(70)73)46-34-40-49(41-35-46)79(50-42-36-47(37-43-50)53-29-14-32-68-71-57-18-3-9-24-63(57)77(74(53)68)64-25-10-4-19-58(64)71)51-44-38-48(39-45-51)54-30-15-33-69-72-59-20-5-11-26-65(59)78(75(54)69)66-27-12-6-21-60(66)72/h1-45,70-72,76-78H. The summed E-state index contributed by atoms with van der Waals surface area (Å²) in [6.07, 6.45) is 0. The van der Waals surface area contributed by atoms with Crippen LogP contribution in [0, 0.1) is 0 Å². The average molecular weight is 1000 g/mol. The van der Waals surface area contributed by atoms with Crippen molar-refractivity contribution in [2.75, 3.05) is 4.90 Å². The highest BCUT2D eigenvalue weighted by molar-refractivity contribution is 5.86. The normalized spacial score (nSPS) is 19.1. The van der Waals surface area contributed by atoms with Crippen molar-refractivity contribution < 1.29 is 0 Å². The Morgan fingerprint density at radius 2 is 0.354 bits per heavy atom. The third kappa shape index (κ3) is 6.00. The molecule has 0 N–H and O–H groups in total. The fraction of sp³-hybridized carbons (Fsp3) is 0.0769. The van der Waals surface area contributed by atoms with Crippen LogP contribution in [0.3, 0.4) is 0 Å². The third-order valence-electron chi connectivity index (χ3n) is 19.2. The van der Waals surface area contributed by atoms with Crippen molar-refractivity contribution in [3.8, 4) is 33.4 Å². The number of hydrogen-bond acceptors (Lipinski definition) is 1. The van der Waals surface area contributed by atoms with Gasteiger partial charge < -0.3 is 4.90 Å².